The molecule has 0 saturated carbocycles. The number of dihydropyridines is 1. The summed E-state index contributed by atoms with van der Waals surface area (Å²) in [5.41, 5.74) is 0.531. The Morgan fingerprint density at radius 1 is 1.41 bits per heavy atom. The minimum Gasteiger partial charge on any atom is -0.510 e. The molecule has 1 aliphatic heterocycles. The Labute approximate surface area is 102 Å². The Balaban J connectivity index is 2.56. The molecule has 17 heavy (non-hydrogen) atoms. The maximum atomic E-state index is 9.95. The monoisotopic (exact) mass is 242 g/mol. The second-order valence-corrected chi connectivity index (χ2v) is 5.24. The van der Waals surface area contributed by atoms with Crippen LogP contribution in [0.15, 0.2) is 23.6 Å². The van der Waals surface area contributed by atoms with E-state index in [0.717, 1.165) is 0 Å². The van der Waals surface area contributed by atoms with Crippen LogP contribution in [0.2, 0.25) is 0 Å². The zero-order valence-electron chi connectivity index (χ0n) is 10.6. The third-order valence-corrected chi connectivity index (χ3v) is 2.50. The quantitative estimate of drug-likeness (QED) is 0.480. The first kappa shape index (κ1) is 14.0. The lowest BCUT2D eigenvalue weighted by molar-refractivity contribution is 0.170. The van der Waals surface area contributed by atoms with Crippen LogP contribution in [0.3, 0.4) is 0 Å². The number of hydrogen-bond donors (Lipinski definition) is 5. The molecule has 5 N–H and O–H groups in total. The number of β-amino-alcohol motifs (C(OH)–C–C–N with tert-alkyl or cyclic N) is 1. The van der Waals surface area contributed by atoms with E-state index in [1.807, 2.05) is 20.8 Å². The summed E-state index contributed by atoms with van der Waals surface area (Å²) in [6, 6.07) is -0.528. The van der Waals surface area contributed by atoms with E-state index < -0.39 is 12.1 Å². The second kappa shape index (κ2) is 5.53. The minimum atomic E-state index is -0.687. The van der Waals surface area contributed by atoms with Gasteiger partial charge in [-0.2, -0.15) is 0 Å². The highest BCUT2D eigenvalue weighted by atomic mass is 16.3. The van der Waals surface area contributed by atoms with E-state index in [9.17, 15) is 10.2 Å². The van der Waals surface area contributed by atoms with E-state index >= 15 is 0 Å². The lowest BCUT2D eigenvalue weighted by atomic mass is 10.1. The van der Waals surface area contributed by atoms with E-state index in [1.165, 1.54) is 6.08 Å². The molecule has 5 nitrogen and oxygen atoms in total. The number of aliphatic hydroxyl groups excluding tert-OH is 3. The first-order valence-electron chi connectivity index (χ1n) is 5.74. The fourth-order valence-electron chi connectivity index (χ4n) is 1.47. The third-order valence-electron chi connectivity index (χ3n) is 2.50. The van der Waals surface area contributed by atoms with E-state index in [-0.39, 0.29) is 17.9 Å². The molecule has 98 valence electrons. The van der Waals surface area contributed by atoms with Crippen LogP contribution in [0.4, 0.5) is 0 Å². The number of aliphatic hydroxyl groups is 3. The van der Waals surface area contributed by atoms with Crippen LogP contribution in [0.1, 0.15) is 20.8 Å². The van der Waals surface area contributed by atoms with Gasteiger partial charge in [-0.25, -0.2) is 0 Å². The first-order valence-corrected chi connectivity index (χ1v) is 5.74. The maximum Gasteiger partial charge on any atom is 0.117 e. The van der Waals surface area contributed by atoms with Gasteiger partial charge in [0.1, 0.15) is 17.9 Å². The summed E-state index contributed by atoms with van der Waals surface area (Å²) in [5, 5.41) is 34.5. The van der Waals surface area contributed by atoms with E-state index in [1.54, 1.807) is 6.08 Å². The van der Waals surface area contributed by atoms with Crippen LogP contribution in [0, 0.1) is 0 Å². The van der Waals surface area contributed by atoms with Crippen molar-refractivity contribution in [2.45, 2.75) is 38.5 Å². The van der Waals surface area contributed by atoms with Crippen LogP contribution in [0.25, 0.3) is 0 Å². The van der Waals surface area contributed by atoms with Gasteiger partial charge in [0.05, 0.1) is 6.61 Å². The standard InChI is InChI=1S/C12H22N2O3/c1-12(2,3)13-6-11(17)8-4-5-10(16)9(7-15)14-8/h4-5,9,11,13-17H,6-7H2,1-3H3. The van der Waals surface area contributed by atoms with Crippen LogP contribution >= 0.6 is 0 Å². The van der Waals surface area contributed by atoms with Gasteiger partial charge in [-0.15, -0.1) is 0 Å². The molecule has 0 aromatic heterocycles. The molecule has 0 saturated heterocycles. The van der Waals surface area contributed by atoms with Gasteiger partial charge in [-0.1, -0.05) is 0 Å². The molecule has 0 radical (unpaired) electrons. The largest absolute Gasteiger partial charge is 0.510 e. The summed E-state index contributed by atoms with van der Waals surface area (Å²) >= 11 is 0. The van der Waals surface area contributed by atoms with Gasteiger partial charge < -0.3 is 26.0 Å². The van der Waals surface area contributed by atoms with Crippen LogP contribution in [0.5, 0.6) is 0 Å². The first-order chi connectivity index (χ1) is 7.83. The number of allylic oxidation sites excluding steroid dienone is 2. The van der Waals surface area contributed by atoms with Crippen molar-refractivity contribution in [3.8, 4) is 0 Å². The zero-order valence-corrected chi connectivity index (χ0v) is 10.6. The van der Waals surface area contributed by atoms with E-state index in [4.69, 9.17) is 5.11 Å². The van der Waals surface area contributed by atoms with Crippen molar-refractivity contribution in [1.29, 1.82) is 0 Å². The minimum absolute atomic E-state index is 0.0649. The molecule has 2 atom stereocenters. The van der Waals surface area contributed by atoms with Gasteiger partial charge in [-0.05, 0) is 32.9 Å². The fraction of sp³-hybridized carbons (Fsp3) is 0.667. The van der Waals surface area contributed by atoms with Crippen molar-refractivity contribution in [3.05, 3.63) is 23.6 Å². The summed E-state index contributed by atoms with van der Waals surface area (Å²) in [6.45, 7) is 6.26. The third kappa shape index (κ3) is 4.38. The van der Waals surface area contributed by atoms with E-state index in [0.29, 0.717) is 12.2 Å². The Morgan fingerprint density at radius 2 is 2.06 bits per heavy atom. The average molecular weight is 242 g/mol. The summed E-state index contributed by atoms with van der Waals surface area (Å²) < 4.78 is 0. The predicted molar refractivity (Wildman–Crippen MR) is 66.6 cm³/mol. The molecule has 0 aromatic carbocycles. The van der Waals surface area contributed by atoms with Crippen LogP contribution in [-0.4, -0.2) is 46.2 Å². The van der Waals surface area contributed by atoms with Crippen molar-refractivity contribution in [3.63, 3.8) is 0 Å². The average Bonchev–Trinajstić information content (AvgIpc) is 2.25. The van der Waals surface area contributed by atoms with Crippen molar-refractivity contribution in [2.75, 3.05) is 13.2 Å². The highest BCUT2D eigenvalue weighted by molar-refractivity contribution is 5.26. The molecule has 5 heteroatoms. The Morgan fingerprint density at radius 3 is 2.59 bits per heavy atom. The fourth-order valence-corrected chi connectivity index (χ4v) is 1.47. The molecular formula is C12H22N2O3. The summed E-state index contributed by atoms with van der Waals surface area (Å²) in [6.07, 6.45) is 2.43. The maximum absolute atomic E-state index is 9.95. The molecule has 2 unspecified atom stereocenters. The molecule has 1 rings (SSSR count). The molecule has 0 fully saturated rings. The van der Waals surface area contributed by atoms with Gasteiger partial charge in [0.15, 0.2) is 0 Å². The normalized spacial score (nSPS) is 22.5. The number of nitrogens with one attached hydrogen (secondary N) is 2. The molecule has 1 aliphatic rings. The van der Waals surface area contributed by atoms with Gasteiger partial charge in [0, 0.05) is 17.8 Å². The molecule has 0 aliphatic carbocycles. The van der Waals surface area contributed by atoms with Crippen molar-refractivity contribution in [1.82, 2.24) is 10.6 Å². The lowest BCUT2D eigenvalue weighted by Gasteiger charge is -2.28. The van der Waals surface area contributed by atoms with Gasteiger partial charge >= 0.3 is 0 Å². The van der Waals surface area contributed by atoms with E-state index in [2.05, 4.69) is 10.6 Å². The molecule has 1 heterocycles. The summed E-state index contributed by atoms with van der Waals surface area (Å²) in [4.78, 5) is 0. The SMILES string of the molecule is CC(C)(C)NCC(O)C1=CC=C(O)C(CO)N1. The van der Waals surface area contributed by atoms with Gasteiger partial charge in [0.25, 0.3) is 0 Å². The van der Waals surface area contributed by atoms with Crippen molar-refractivity contribution < 1.29 is 15.3 Å². The second-order valence-electron chi connectivity index (χ2n) is 5.24. The van der Waals surface area contributed by atoms with Crippen LogP contribution < -0.4 is 10.6 Å². The lowest BCUT2D eigenvalue weighted by Crippen LogP contribution is -2.46. The molecule has 0 spiro atoms. The molecule has 0 amide bonds. The number of hydrogen-bond acceptors (Lipinski definition) is 5. The number of rotatable bonds is 4. The van der Waals surface area contributed by atoms with Crippen molar-refractivity contribution >= 4 is 0 Å². The van der Waals surface area contributed by atoms with Gasteiger partial charge in [0.2, 0.25) is 0 Å². The smallest absolute Gasteiger partial charge is 0.117 e. The highest BCUT2D eigenvalue weighted by Gasteiger charge is 2.22. The Kier molecular flexibility index (Phi) is 4.56. The topological polar surface area (TPSA) is 84.8 Å². The van der Waals surface area contributed by atoms with Gasteiger partial charge in [-0.3, -0.25) is 0 Å². The highest BCUT2D eigenvalue weighted by Crippen LogP contribution is 2.11. The summed E-state index contributed by atoms with van der Waals surface area (Å²) in [5.74, 6) is 0.0761. The summed E-state index contributed by atoms with van der Waals surface area (Å²) in [7, 11) is 0. The van der Waals surface area contributed by atoms with Crippen molar-refractivity contribution in [2.24, 2.45) is 0 Å². The zero-order chi connectivity index (χ0) is 13.1. The molecular weight excluding hydrogens is 220 g/mol. The molecule has 0 bridgehead atoms. The van der Waals surface area contributed by atoms with Crippen LogP contribution in [-0.2, 0) is 0 Å². The molecule has 0 aromatic rings. The predicted octanol–water partition coefficient (Wildman–Crippen LogP) is 0.0253. The Hall–Kier alpha value is -1.04. The Bertz CT molecular complexity index is 318.